The van der Waals surface area contributed by atoms with Crippen molar-refractivity contribution in [2.24, 2.45) is 0 Å². The number of rotatable bonds is 4. The molecule has 0 atom stereocenters. The van der Waals surface area contributed by atoms with Gasteiger partial charge < -0.3 is 0 Å². The number of hydrogen-bond donors (Lipinski definition) is 0. The van der Waals surface area contributed by atoms with Gasteiger partial charge in [0.1, 0.15) is 0 Å². The molecule has 0 radical (unpaired) electrons. The van der Waals surface area contributed by atoms with Gasteiger partial charge in [-0.05, 0) is 42.3 Å². The average Bonchev–Trinajstić information content (AvgIpc) is 2.65. The highest BCUT2D eigenvalue weighted by Crippen LogP contribution is 2.22. The highest BCUT2D eigenvalue weighted by Gasteiger charge is 2.21. The van der Waals surface area contributed by atoms with Gasteiger partial charge in [0.05, 0.1) is 10.6 Å². The number of aromatic nitrogens is 2. The smallest absolute Gasteiger partial charge is 0.179 e. The van der Waals surface area contributed by atoms with Crippen LogP contribution < -0.4 is 0 Å². The van der Waals surface area contributed by atoms with Crippen molar-refractivity contribution in [3.63, 3.8) is 0 Å². The Labute approximate surface area is 153 Å². The third-order valence-electron chi connectivity index (χ3n) is 4.81. The van der Waals surface area contributed by atoms with E-state index in [1.165, 1.54) is 5.56 Å². The van der Waals surface area contributed by atoms with Crippen LogP contribution in [-0.4, -0.2) is 42.1 Å². The summed E-state index contributed by atoms with van der Waals surface area (Å²) in [4.78, 5) is 11.7. The van der Waals surface area contributed by atoms with E-state index in [4.69, 9.17) is 4.98 Å². The average molecular weight is 367 g/mol. The van der Waals surface area contributed by atoms with Crippen LogP contribution in [0.15, 0.2) is 53.6 Å². The molecule has 3 heterocycles. The van der Waals surface area contributed by atoms with Crippen LogP contribution in [0.2, 0.25) is 0 Å². The maximum absolute atomic E-state index is 12.5. The lowest BCUT2D eigenvalue weighted by Gasteiger charge is -2.28. The summed E-state index contributed by atoms with van der Waals surface area (Å²) >= 11 is 0. The lowest BCUT2D eigenvalue weighted by molar-refractivity contribution is 0.267. The zero-order valence-electron chi connectivity index (χ0n) is 14.7. The molecule has 0 saturated carbocycles. The summed E-state index contributed by atoms with van der Waals surface area (Å²) in [5.74, 6) is 0.133. The summed E-state index contributed by atoms with van der Waals surface area (Å²) in [5, 5.41) is 1.04. The van der Waals surface area contributed by atoms with E-state index in [0.717, 1.165) is 41.8 Å². The predicted octanol–water partition coefficient (Wildman–Crippen LogP) is 2.77. The molecule has 0 N–H and O–H groups in total. The van der Waals surface area contributed by atoms with Crippen LogP contribution in [0, 0.1) is 6.92 Å². The second kappa shape index (κ2) is 6.78. The van der Waals surface area contributed by atoms with Crippen LogP contribution in [0.5, 0.6) is 0 Å². The standard InChI is InChI=1S/C20H21N3O2S/c1-15-11-16-12-17-14-23(8-7-19(17)22-20(16)21-13-15)9-10-26(24,25)18-5-3-2-4-6-18/h2-6,11-13H,7-10,14H2,1H3. The van der Waals surface area contributed by atoms with Gasteiger partial charge in [0.2, 0.25) is 0 Å². The fourth-order valence-electron chi connectivity index (χ4n) is 3.38. The fourth-order valence-corrected chi connectivity index (χ4v) is 4.68. The Morgan fingerprint density at radius 2 is 1.96 bits per heavy atom. The minimum atomic E-state index is -3.24. The van der Waals surface area contributed by atoms with Gasteiger partial charge in [-0.1, -0.05) is 18.2 Å². The molecule has 6 heteroatoms. The molecule has 0 fully saturated rings. The number of nitrogens with zero attached hydrogens (tertiary/aromatic N) is 3. The highest BCUT2D eigenvalue weighted by molar-refractivity contribution is 7.91. The molecular weight excluding hydrogens is 346 g/mol. The second-order valence-corrected chi connectivity index (χ2v) is 8.92. The molecule has 1 aliphatic rings. The Hall–Kier alpha value is -2.31. The quantitative estimate of drug-likeness (QED) is 0.709. The third-order valence-corrected chi connectivity index (χ3v) is 6.52. The SMILES string of the molecule is Cc1cnc2nc3c(cc2c1)CN(CCS(=O)(=O)c1ccccc1)CC3. The summed E-state index contributed by atoms with van der Waals surface area (Å²) < 4.78 is 25.0. The highest BCUT2D eigenvalue weighted by atomic mass is 32.2. The van der Waals surface area contributed by atoms with Crippen LogP contribution >= 0.6 is 0 Å². The van der Waals surface area contributed by atoms with Gasteiger partial charge in [-0.25, -0.2) is 18.4 Å². The van der Waals surface area contributed by atoms with Crippen LogP contribution in [0.1, 0.15) is 16.8 Å². The van der Waals surface area contributed by atoms with Crippen molar-refractivity contribution < 1.29 is 8.42 Å². The Kier molecular flexibility index (Phi) is 4.46. The molecule has 134 valence electrons. The summed E-state index contributed by atoms with van der Waals surface area (Å²) in [6, 6.07) is 12.9. The van der Waals surface area contributed by atoms with Crippen LogP contribution in [0.4, 0.5) is 0 Å². The minimum Gasteiger partial charge on any atom is -0.298 e. The number of pyridine rings is 2. The molecule has 1 aromatic carbocycles. The summed E-state index contributed by atoms with van der Waals surface area (Å²) in [5.41, 5.74) is 4.15. The molecule has 0 amide bonds. The largest absolute Gasteiger partial charge is 0.298 e. The van der Waals surface area contributed by atoms with Gasteiger partial charge in [-0.3, -0.25) is 4.90 Å². The van der Waals surface area contributed by atoms with Crippen molar-refractivity contribution in [2.75, 3.05) is 18.8 Å². The molecule has 2 aromatic heterocycles. The Bertz CT molecular complexity index is 1050. The number of aryl methyl sites for hydroxylation is 1. The first-order valence-corrected chi connectivity index (χ1v) is 10.4. The Balaban J connectivity index is 1.50. The summed E-state index contributed by atoms with van der Waals surface area (Å²) in [6.07, 6.45) is 2.66. The van der Waals surface area contributed by atoms with E-state index in [0.29, 0.717) is 11.4 Å². The lowest BCUT2D eigenvalue weighted by Crippen LogP contribution is -2.34. The van der Waals surface area contributed by atoms with E-state index < -0.39 is 9.84 Å². The number of benzene rings is 1. The molecule has 0 unspecified atom stereocenters. The second-order valence-electron chi connectivity index (χ2n) is 6.81. The van der Waals surface area contributed by atoms with E-state index in [-0.39, 0.29) is 5.75 Å². The fraction of sp³-hybridized carbons (Fsp3) is 0.300. The first kappa shape index (κ1) is 17.1. The third kappa shape index (κ3) is 3.48. The first-order chi connectivity index (χ1) is 12.5. The monoisotopic (exact) mass is 367 g/mol. The van der Waals surface area contributed by atoms with Crippen molar-refractivity contribution in [1.29, 1.82) is 0 Å². The van der Waals surface area contributed by atoms with Crippen molar-refractivity contribution in [3.8, 4) is 0 Å². The van der Waals surface area contributed by atoms with Gasteiger partial charge in [-0.15, -0.1) is 0 Å². The molecule has 0 aliphatic carbocycles. The van der Waals surface area contributed by atoms with E-state index in [2.05, 4.69) is 22.0 Å². The molecule has 4 rings (SSSR count). The first-order valence-electron chi connectivity index (χ1n) is 8.77. The minimum absolute atomic E-state index is 0.133. The van der Waals surface area contributed by atoms with Gasteiger partial charge in [0.15, 0.2) is 15.5 Å². The van der Waals surface area contributed by atoms with E-state index in [1.54, 1.807) is 24.3 Å². The maximum Gasteiger partial charge on any atom is 0.179 e. The van der Waals surface area contributed by atoms with Crippen LogP contribution in [0.3, 0.4) is 0 Å². The maximum atomic E-state index is 12.5. The lowest BCUT2D eigenvalue weighted by atomic mass is 10.0. The Morgan fingerprint density at radius 1 is 1.15 bits per heavy atom. The van der Waals surface area contributed by atoms with Crippen molar-refractivity contribution in [3.05, 3.63) is 65.5 Å². The molecule has 26 heavy (non-hydrogen) atoms. The van der Waals surface area contributed by atoms with Crippen LogP contribution in [-0.2, 0) is 22.8 Å². The molecule has 0 saturated heterocycles. The molecule has 1 aliphatic heterocycles. The number of fused-ring (bicyclic) bond motifs is 2. The number of sulfone groups is 1. The number of hydrogen-bond acceptors (Lipinski definition) is 5. The van der Waals surface area contributed by atoms with E-state index in [9.17, 15) is 8.42 Å². The van der Waals surface area contributed by atoms with E-state index in [1.807, 2.05) is 19.2 Å². The van der Waals surface area contributed by atoms with Crippen LogP contribution in [0.25, 0.3) is 11.0 Å². The molecular formula is C20H21N3O2S. The molecule has 0 bridgehead atoms. The van der Waals surface area contributed by atoms with Gasteiger partial charge in [-0.2, -0.15) is 0 Å². The summed E-state index contributed by atoms with van der Waals surface area (Å²) in [7, 11) is -3.24. The topological polar surface area (TPSA) is 63.2 Å². The zero-order valence-corrected chi connectivity index (χ0v) is 15.5. The van der Waals surface area contributed by atoms with Gasteiger partial charge >= 0.3 is 0 Å². The predicted molar refractivity (Wildman–Crippen MR) is 102 cm³/mol. The Morgan fingerprint density at radius 3 is 2.77 bits per heavy atom. The normalized spacial score (nSPS) is 15.1. The van der Waals surface area contributed by atoms with Crippen molar-refractivity contribution >= 4 is 20.9 Å². The zero-order chi connectivity index (χ0) is 18.1. The molecule has 5 nitrogen and oxygen atoms in total. The van der Waals surface area contributed by atoms with E-state index >= 15 is 0 Å². The molecule has 3 aromatic rings. The van der Waals surface area contributed by atoms with Crippen molar-refractivity contribution in [1.82, 2.24) is 14.9 Å². The summed E-state index contributed by atoms with van der Waals surface area (Å²) in [6.45, 7) is 4.10. The van der Waals surface area contributed by atoms with Gasteiger partial charge in [0.25, 0.3) is 0 Å². The van der Waals surface area contributed by atoms with Gasteiger partial charge in [0, 0.05) is 43.3 Å². The molecule has 0 spiro atoms. The van der Waals surface area contributed by atoms with Crippen molar-refractivity contribution in [2.45, 2.75) is 24.8 Å².